The molecule has 0 aliphatic heterocycles. The number of likely N-dealkylation sites (N-methyl/N-ethyl adjacent to an activating group) is 1. The standard InChI is InChI=1S/C15H34N2O.C7H6O2.2ClH/c1-7-16(8-2)11-15(18)12-17(9-13(3)4)10-14(5)6;8-7(9)6-4-2-1-3-5-6;;/h13-15,18H,7-12H2,1-6H3;1-5H,(H,8,9);2*1H. The molecule has 1 aromatic carbocycles. The third kappa shape index (κ3) is 17.7. The molecule has 7 heteroatoms. The normalized spacial score (nSPS) is 11.6. The third-order valence-electron chi connectivity index (χ3n) is 4.10. The zero-order valence-corrected chi connectivity index (χ0v) is 20.5. The molecular formula is C22H42Cl2N2O3. The van der Waals surface area contributed by atoms with E-state index in [4.69, 9.17) is 5.11 Å². The number of nitrogens with zero attached hydrogens (tertiary/aromatic N) is 2. The second-order valence-electron chi connectivity index (χ2n) is 7.82. The van der Waals surface area contributed by atoms with E-state index < -0.39 is 5.97 Å². The van der Waals surface area contributed by atoms with Crippen LogP contribution in [0, 0.1) is 11.8 Å². The first-order chi connectivity index (χ1) is 12.7. The molecule has 0 spiro atoms. The minimum Gasteiger partial charge on any atom is -0.478 e. The summed E-state index contributed by atoms with van der Waals surface area (Å²) in [5, 5.41) is 18.6. The number of carboxylic acids is 1. The van der Waals surface area contributed by atoms with Gasteiger partial charge in [-0.3, -0.25) is 0 Å². The van der Waals surface area contributed by atoms with Gasteiger partial charge in [0.2, 0.25) is 0 Å². The maximum atomic E-state index is 10.2. The van der Waals surface area contributed by atoms with Crippen molar-refractivity contribution in [2.45, 2.75) is 47.6 Å². The minimum absolute atomic E-state index is 0. The smallest absolute Gasteiger partial charge is 0.335 e. The fraction of sp³-hybridized carbons (Fsp3) is 0.682. The van der Waals surface area contributed by atoms with Gasteiger partial charge in [0.05, 0.1) is 11.7 Å². The van der Waals surface area contributed by atoms with Gasteiger partial charge in [0.15, 0.2) is 0 Å². The fourth-order valence-corrected chi connectivity index (χ4v) is 2.97. The molecule has 1 atom stereocenters. The van der Waals surface area contributed by atoms with Crippen LogP contribution in [0.25, 0.3) is 0 Å². The van der Waals surface area contributed by atoms with Gasteiger partial charge in [-0.1, -0.05) is 59.7 Å². The monoisotopic (exact) mass is 452 g/mol. The van der Waals surface area contributed by atoms with E-state index in [1.54, 1.807) is 30.3 Å². The maximum Gasteiger partial charge on any atom is 0.335 e. The van der Waals surface area contributed by atoms with Gasteiger partial charge in [0.25, 0.3) is 0 Å². The molecule has 0 heterocycles. The molecule has 0 aromatic heterocycles. The zero-order valence-electron chi connectivity index (χ0n) is 18.9. The average molecular weight is 453 g/mol. The van der Waals surface area contributed by atoms with E-state index in [0.29, 0.717) is 17.4 Å². The molecule has 1 unspecified atom stereocenters. The fourth-order valence-electron chi connectivity index (χ4n) is 2.97. The number of rotatable bonds is 11. The van der Waals surface area contributed by atoms with Gasteiger partial charge in [-0.2, -0.15) is 0 Å². The van der Waals surface area contributed by atoms with Crippen LogP contribution in [0.2, 0.25) is 0 Å². The van der Waals surface area contributed by atoms with Crippen LogP contribution < -0.4 is 0 Å². The summed E-state index contributed by atoms with van der Waals surface area (Å²) < 4.78 is 0. The summed E-state index contributed by atoms with van der Waals surface area (Å²) in [6, 6.07) is 8.30. The summed E-state index contributed by atoms with van der Waals surface area (Å²) in [6.45, 7) is 19.0. The number of halogens is 2. The number of aliphatic hydroxyl groups is 1. The van der Waals surface area contributed by atoms with Crippen LogP contribution >= 0.6 is 24.8 Å². The molecule has 0 aliphatic carbocycles. The molecule has 5 nitrogen and oxygen atoms in total. The van der Waals surface area contributed by atoms with E-state index in [1.807, 2.05) is 0 Å². The molecule has 0 radical (unpaired) electrons. The van der Waals surface area contributed by atoms with Crippen molar-refractivity contribution < 1.29 is 15.0 Å². The summed E-state index contributed by atoms with van der Waals surface area (Å²) in [7, 11) is 0. The summed E-state index contributed by atoms with van der Waals surface area (Å²) in [6.07, 6.45) is -0.234. The second kappa shape index (κ2) is 19.1. The van der Waals surface area contributed by atoms with Gasteiger partial charge < -0.3 is 20.0 Å². The number of benzene rings is 1. The molecule has 1 aromatic rings. The van der Waals surface area contributed by atoms with Gasteiger partial charge in [0, 0.05) is 26.2 Å². The Hall–Kier alpha value is -0.850. The Balaban J connectivity index is -0.000000519. The van der Waals surface area contributed by atoms with Gasteiger partial charge in [0.1, 0.15) is 0 Å². The first-order valence-corrected chi connectivity index (χ1v) is 10.1. The molecule has 0 saturated heterocycles. The van der Waals surface area contributed by atoms with Gasteiger partial charge >= 0.3 is 5.97 Å². The molecule has 0 fully saturated rings. The lowest BCUT2D eigenvalue weighted by atomic mass is 10.1. The van der Waals surface area contributed by atoms with Gasteiger partial charge in [-0.15, -0.1) is 24.8 Å². The van der Waals surface area contributed by atoms with Crippen molar-refractivity contribution in [2.75, 3.05) is 39.3 Å². The van der Waals surface area contributed by atoms with Crippen LogP contribution in [0.15, 0.2) is 30.3 Å². The van der Waals surface area contributed by atoms with E-state index in [-0.39, 0.29) is 30.9 Å². The highest BCUT2D eigenvalue weighted by Crippen LogP contribution is 2.06. The third-order valence-corrected chi connectivity index (χ3v) is 4.10. The molecule has 0 saturated carbocycles. The Bertz CT molecular complexity index is 488. The Morgan fingerprint density at radius 2 is 1.24 bits per heavy atom. The Kier molecular flexibility index (Phi) is 21.6. The van der Waals surface area contributed by atoms with Crippen molar-refractivity contribution >= 4 is 30.8 Å². The number of hydrogen-bond acceptors (Lipinski definition) is 4. The molecule has 2 N–H and O–H groups in total. The zero-order chi connectivity index (χ0) is 20.8. The van der Waals surface area contributed by atoms with Crippen LogP contribution in [0.3, 0.4) is 0 Å². The van der Waals surface area contributed by atoms with Crippen molar-refractivity contribution in [3.05, 3.63) is 35.9 Å². The molecular weight excluding hydrogens is 411 g/mol. The van der Waals surface area contributed by atoms with Crippen LogP contribution in [0.1, 0.15) is 51.9 Å². The number of aromatic carboxylic acids is 1. The van der Waals surface area contributed by atoms with E-state index in [0.717, 1.165) is 39.3 Å². The lowest BCUT2D eigenvalue weighted by Crippen LogP contribution is -2.42. The van der Waals surface area contributed by atoms with Crippen LogP contribution in [0.5, 0.6) is 0 Å². The molecule has 0 bridgehead atoms. The molecule has 29 heavy (non-hydrogen) atoms. The number of carboxylic acid groups (broad SMARTS) is 1. The summed E-state index contributed by atoms with van der Waals surface area (Å²) in [5.41, 5.74) is 0.331. The molecule has 172 valence electrons. The maximum absolute atomic E-state index is 10.2. The second-order valence-corrected chi connectivity index (χ2v) is 7.82. The molecule has 1 rings (SSSR count). The lowest BCUT2D eigenvalue weighted by Gasteiger charge is -2.30. The Morgan fingerprint density at radius 3 is 1.55 bits per heavy atom. The first kappa shape index (κ1) is 32.8. The molecule has 0 aliphatic rings. The predicted molar refractivity (Wildman–Crippen MR) is 128 cm³/mol. The van der Waals surface area contributed by atoms with Crippen LogP contribution in [-0.2, 0) is 0 Å². The first-order valence-electron chi connectivity index (χ1n) is 10.1. The largest absolute Gasteiger partial charge is 0.478 e. The highest BCUT2D eigenvalue weighted by atomic mass is 35.5. The van der Waals surface area contributed by atoms with E-state index >= 15 is 0 Å². The summed E-state index contributed by atoms with van der Waals surface area (Å²) >= 11 is 0. The number of hydrogen-bond donors (Lipinski definition) is 2. The average Bonchev–Trinajstić information content (AvgIpc) is 2.59. The molecule has 0 amide bonds. The summed E-state index contributed by atoms with van der Waals surface area (Å²) in [5.74, 6) is 0.435. The topological polar surface area (TPSA) is 64.0 Å². The van der Waals surface area contributed by atoms with E-state index in [1.165, 1.54) is 0 Å². The van der Waals surface area contributed by atoms with E-state index in [2.05, 4.69) is 51.3 Å². The Morgan fingerprint density at radius 1 is 0.828 bits per heavy atom. The van der Waals surface area contributed by atoms with Crippen molar-refractivity contribution in [1.82, 2.24) is 9.80 Å². The van der Waals surface area contributed by atoms with Crippen LogP contribution in [0.4, 0.5) is 0 Å². The van der Waals surface area contributed by atoms with E-state index in [9.17, 15) is 9.90 Å². The lowest BCUT2D eigenvalue weighted by molar-refractivity contribution is 0.0681. The van der Waals surface area contributed by atoms with Crippen molar-refractivity contribution in [3.8, 4) is 0 Å². The predicted octanol–water partition coefficient (Wildman–Crippen LogP) is 4.53. The van der Waals surface area contributed by atoms with Gasteiger partial charge in [-0.05, 0) is 37.1 Å². The van der Waals surface area contributed by atoms with Crippen molar-refractivity contribution in [3.63, 3.8) is 0 Å². The quantitative estimate of drug-likeness (QED) is 0.516. The number of carbonyl (C=O) groups is 1. The van der Waals surface area contributed by atoms with Crippen LogP contribution in [-0.4, -0.2) is 71.4 Å². The van der Waals surface area contributed by atoms with Gasteiger partial charge in [-0.25, -0.2) is 4.79 Å². The highest BCUT2D eigenvalue weighted by molar-refractivity contribution is 5.87. The summed E-state index contributed by atoms with van der Waals surface area (Å²) in [4.78, 5) is 14.9. The number of aliphatic hydroxyl groups excluding tert-OH is 1. The van der Waals surface area contributed by atoms with Crippen molar-refractivity contribution in [2.24, 2.45) is 11.8 Å². The van der Waals surface area contributed by atoms with Crippen molar-refractivity contribution in [1.29, 1.82) is 0 Å². The highest BCUT2D eigenvalue weighted by Gasteiger charge is 2.16. The Labute approximate surface area is 190 Å². The minimum atomic E-state index is -0.879. The SMILES string of the molecule is CCN(CC)CC(O)CN(CC(C)C)CC(C)C.Cl.Cl.O=C(O)c1ccccc1.